The molecule has 0 aliphatic rings. The molecule has 0 bridgehead atoms. The fourth-order valence-corrected chi connectivity index (χ4v) is 2.99. The van der Waals surface area contributed by atoms with E-state index in [2.05, 4.69) is 9.71 Å². The van der Waals surface area contributed by atoms with Crippen molar-refractivity contribution in [2.24, 2.45) is 0 Å². The SMILES string of the molecule is CN(C)S(=O)(=O)CCNS(=O)(=O)c1ccc(=O)[nH]c1. The van der Waals surface area contributed by atoms with Gasteiger partial charge in [-0.2, -0.15) is 0 Å². The van der Waals surface area contributed by atoms with Crippen molar-refractivity contribution >= 4 is 20.0 Å². The Labute approximate surface area is 111 Å². The van der Waals surface area contributed by atoms with Crippen LogP contribution < -0.4 is 10.3 Å². The second kappa shape index (κ2) is 5.82. The second-order valence-electron chi connectivity index (χ2n) is 3.88. The number of aromatic nitrogens is 1. The van der Waals surface area contributed by atoms with Crippen LogP contribution in [0.2, 0.25) is 0 Å². The smallest absolute Gasteiger partial charge is 0.247 e. The molecule has 0 spiro atoms. The van der Waals surface area contributed by atoms with Crippen LogP contribution in [0.4, 0.5) is 0 Å². The van der Waals surface area contributed by atoms with Gasteiger partial charge in [0.15, 0.2) is 0 Å². The second-order valence-corrected chi connectivity index (χ2v) is 7.95. The molecule has 0 radical (unpaired) electrons. The summed E-state index contributed by atoms with van der Waals surface area (Å²) in [5, 5.41) is 0. The van der Waals surface area contributed by atoms with Crippen molar-refractivity contribution in [3.63, 3.8) is 0 Å². The minimum Gasteiger partial charge on any atom is -0.328 e. The highest BCUT2D eigenvalue weighted by Crippen LogP contribution is 2.03. The maximum atomic E-state index is 11.8. The average molecular weight is 309 g/mol. The van der Waals surface area contributed by atoms with Gasteiger partial charge in [0.1, 0.15) is 0 Å². The summed E-state index contributed by atoms with van der Waals surface area (Å²) in [5.74, 6) is -0.345. The van der Waals surface area contributed by atoms with E-state index in [0.717, 1.165) is 22.6 Å². The number of H-pyrrole nitrogens is 1. The number of aromatic amines is 1. The molecule has 0 atom stereocenters. The molecular weight excluding hydrogens is 294 g/mol. The molecule has 0 amide bonds. The fourth-order valence-electron chi connectivity index (χ4n) is 1.13. The third kappa shape index (κ3) is 4.42. The van der Waals surface area contributed by atoms with Crippen LogP contribution >= 0.6 is 0 Å². The molecule has 0 unspecified atom stereocenters. The van der Waals surface area contributed by atoms with Gasteiger partial charge in [-0.3, -0.25) is 4.79 Å². The van der Waals surface area contributed by atoms with Crippen molar-refractivity contribution in [2.75, 3.05) is 26.4 Å². The Morgan fingerprint density at radius 2 is 1.84 bits per heavy atom. The highest BCUT2D eigenvalue weighted by Gasteiger charge is 2.17. The zero-order valence-corrected chi connectivity index (χ0v) is 12.1. The van der Waals surface area contributed by atoms with Crippen molar-refractivity contribution in [1.82, 2.24) is 14.0 Å². The molecule has 1 rings (SSSR count). The zero-order valence-electron chi connectivity index (χ0n) is 10.5. The number of sulfonamides is 2. The summed E-state index contributed by atoms with van der Waals surface area (Å²) in [4.78, 5) is 12.9. The summed E-state index contributed by atoms with van der Waals surface area (Å²) < 4.78 is 49.6. The molecule has 1 heterocycles. The first-order valence-corrected chi connectivity index (χ1v) is 8.33. The molecule has 0 aliphatic carbocycles. The van der Waals surface area contributed by atoms with Crippen molar-refractivity contribution in [1.29, 1.82) is 0 Å². The van der Waals surface area contributed by atoms with Crippen LogP contribution in [0.5, 0.6) is 0 Å². The molecule has 19 heavy (non-hydrogen) atoms. The first-order chi connectivity index (χ1) is 8.65. The summed E-state index contributed by atoms with van der Waals surface area (Å²) >= 11 is 0. The summed E-state index contributed by atoms with van der Waals surface area (Å²) in [7, 11) is -4.56. The van der Waals surface area contributed by atoms with Gasteiger partial charge >= 0.3 is 0 Å². The third-order valence-corrected chi connectivity index (χ3v) is 5.57. The van der Waals surface area contributed by atoms with Gasteiger partial charge in [-0.15, -0.1) is 0 Å². The lowest BCUT2D eigenvalue weighted by molar-refractivity contribution is 0.519. The molecule has 0 aromatic carbocycles. The Hall–Kier alpha value is -1.23. The monoisotopic (exact) mass is 309 g/mol. The van der Waals surface area contributed by atoms with Gasteiger partial charge in [0.25, 0.3) is 0 Å². The van der Waals surface area contributed by atoms with E-state index in [1.165, 1.54) is 14.1 Å². The third-order valence-electron chi connectivity index (χ3n) is 2.27. The topological polar surface area (TPSA) is 116 Å². The van der Waals surface area contributed by atoms with Crippen LogP contribution in [0.25, 0.3) is 0 Å². The van der Waals surface area contributed by atoms with Crippen LogP contribution in [-0.2, 0) is 20.0 Å². The van der Waals surface area contributed by atoms with Crippen LogP contribution in [-0.4, -0.2) is 52.5 Å². The summed E-state index contributed by atoms with van der Waals surface area (Å²) in [6.45, 7) is -0.248. The molecule has 2 N–H and O–H groups in total. The van der Waals surface area contributed by atoms with Gasteiger partial charge in [0.05, 0.1) is 10.6 Å². The van der Waals surface area contributed by atoms with Gasteiger partial charge in [0, 0.05) is 32.9 Å². The molecular formula is C9H15N3O5S2. The Bertz CT molecular complexity index is 670. The van der Waals surface area contributed by atoms with Crippen LogP contribution in [0.15, 0.2) is 28.0 Å². The number of pyridine rings is 1. The van der Waals surface area contributed by atoms with E-state index in [-0.39, 0.29) is 17.2 Å². The average Bonchev–Trinajstić information content (AvgIpc) is 2.28. The van der Waals surface area contributed by atoms with Crippen LogP contribution in [0, 0.1) is 0 Å². The summed E-state index contributed by atoms with van der Waals surface area (Å²) in [6.07, 6.45) is 1.05. The van der Waals surface area contributed by atoms with Crippen molar-refractivity contribution in [2.45, 2.75) is 4.90 Å². The van der Waals surface area contributed by atoms with Gasteiger partial charge in [-0.25, -0.2) is 25.9 Å². The van der Waals surface area contributed by atoms with E-state index in [1.54, 1.807) is 0 Å². The standard InChI is InChI=1S/C9H15N3O5S2/c1-12(2)18(14,15)6-5-11-19(16,17)8-3-4-9(13)10-7-8/h3-4,7,11H,5-6H2,1-2H3,(H,10,13). The van der Waals surface area contributed by atoms with Crippen molar-refractivity contribution < 1.29 is 16.8 Å². The van der Waals surface area contributed by atoms with E-state index in [4.69, 9.17) is 0 Å². The Morgan fingerprint density at radius 1 is 1.21 bits per heavy atom. The van der Waals surface area contributed by atoms with Crippen molar-refractivity contribution in [3.8, 4) is 0 Å². The Morgan fingerprint density at radius 3 is 2.32 bits per heavy atom. The molecule has 10 heteroatoms. The summed E-state index contributed by atoms with van der Waals surface area (Å²) in [6, 6.07) is 2.22. The minimum atomic E-state index is -3.83. The van der Waals surface area contributed by atoms with Gasteiger partial charge in [-0.05, 0) is 6.07 Å². The molecule has 0 saturated carbocycles. The lowest BCUT2D eigenvalue weighted by Crippen LogP contribution is -2.34. The number of rotatable bonds is 6. The quantitative estimate of drug-likeness (QED) is 0.666. The molecule has 1 aromatic rings. The van der Waals surface area contributed by atoms with Crippen molar-refractivity contribution in [3.05, 3.63) is 28.7 Å². The van der Waals surface area contributed by atoms with Gasteiger partial charge in [0.2, 0.25) is 25.6 Å². The maximum Gasteiger partial charge on any atom is 0.247 e. The van der Waals surface area contributed by atoms with E-state index < -0.39 is 25.6 Å². The minimum absolute atomic E-state index is 0.130. The lowest BCUT2D eigenvalue weighted by Gasteiger charge is -2.11. The molecule has 8 nitrogen and oxygen atoms in total. The van der Waals surface area contributed by atoms with Gasteiger partial charge in [-0.1, -0.05) is 0 Å². The summed E-state index contributed by atoms with van der Waals surface area (Å²) in [5.41, 5.74) is -0.422. The number of nitrogens with one attached hydrogen (secondary N) is 2. The molecule has 0 aliphatic heterocycles. The largest absolute Gasteiger partial charge is 0.328 e. The first-order valence-electron chi connectivity index (χ1n) is 5.24. The highest BCUT2D eigenvalue weighted by molar-refractivity contribution is 7.90. The Kier molecular flexibility index (Phi) is 4.85. The maximum absolute atomic E-state index is 11.8. The van der Waals surface area contributed by atoms with Crippen LogP contribution in [0.1, 0.15) is 0 Å². The fraction of sp³-hybridized carbons (Fsp3) is 0.444. The normalized spacial score (nSPS) is 12.8. The van der Waals surface area contributed by atoms with E-state index >= 15 is 0 Å². The van der Waals surface area contributed by atoms with E-state index in [9.17, 15) is 21.6 Å². The number of hydrogen-bond acceptors (Lipinski definition) is 5. The van der Waals surface area contributed by atoms with Crippen LogP contribution in [0.3, 0.4) is 0 Å². The number of nitrogens with zero attached hydrogens (tertiary/aromatic N) is 1. The van der Waals surface area contributed by atoms with Gasteiger partial charge < -0.3 is 4.98 Å². The first kappa shape index (κ1) is 15.8. The highest BCUT2D eigenvalue weighted by atomic mass is 32.2. The predicted octanol–water partition coefficient (Wildman–Crippen LogP) is -1.46. The van der Waals surface area contributed by atoms with E-state index in [1.807, 2.05) is 0 Å². The Balaban J connectivity index is 2.72. The number of hydrogen-bond donors (Lipinski definition) is 2. The molecule has 0 fully saturated rings. The molecule has 1 aromatic heterocycles. The molecule has 108 valence electrons. The zero-order chi connectivity index (χ0) is 14.7. The van der Waals surface area contributed by atoms with E-state index in [0.29, 0.717) is 0 Å². The lowest BCUT2D eigenvalue weighted by atomic mass is 10.5. The molecule has 0 saturated heterocycles. The predicted molar refractivity (Wildman–Crippen MR) is 69.7 cm³/mol.